The molecule has 0 bridgehead atoms. The van der Waals surface area contributed by atoms with Crippen molar-refractivity contribution in [3.63, 3.8) is 0 Å². The minimum atomic E-state index is 0.666. The van der Waals surface area contributed by atoms with Gasteiger partial charge in [-0.3, -0.25) is 0 Å². The van der Waals surface area contributed by atoms with Gasteiger partial charge in [0.1, 0.15) is 0 Å². The summed E-state index contributed by atoms with van der Waals surface area (Å²) in [7, 11) is 1.55. The van der Waals surface area contributed by atoms with Crippen LogP contribution in [0.1, 0.15) is 6.92 Å². The van der Waals surface area contributed by atoms with Crippen LogP contribution >= 0.6 is 0 Å². The molecule has 0 aliphatic heterocycles. The van der Waals surface area contributed by atoms with E-state index in [4.69, 9.17) is 0 Å². The third-order valence-electron chi connectivity index (χ3n) is 0.334. The van der Waals surface area contributed by atoms with Crippen LogP contribution in [-0.2, 0) is 0 Å². The Morgan fingerprint density at radius 2 is 2.00 bits per heavy atom. The molecule has 0 amide bonds. The maximum Gasteiger partial charge on any atom is 0.0593 e. The Kier molecular flexibility index (Phi) is 4.61. The first-order valence-corrected chi connectivity index (χ1v) is 2.07. The largest absolute Gasteiger partial charge is 0.171 e. The molecule has 0 fully saturated rings. The smallest absolute Gasteiger partial charge is 0.0593 e. The van der Waals surface area contributed by atoms with Crippen molar-refractivity contribution in [2.45, 2.75) is 6.92 Å². The van der Waals surface area contributed by atoms with Crippen molar-refractivity contribution < 1.29 is 0 Å². The first-order valence-electron chi connectivity index (χ1n) is 2.07. The first-order chi connectivity index (χ1) is 3.41. The van der Waals surface area contributed by atoms with Crippen LogP contribution in [0.2, 0.25) is 0 Å². The van der Waals surface area contributed by atoms with E-state index in [9.17, 15) is 0 Å². The molecule has 7 heavy (non-hydrogen) atoms. The minimum absolute atomic E-state index is 0.666. The van der Waals surface area contributed by atoms with E-state index < -0.39 is 0 Å². The lowest BCUT2D eigenvalue weighted by molar-refractivity contribution is 0.865. The van der Waals surface area contributed by atoms with Crippen LogP contribution in [0.5, 0.6) is 0 Å². The Balaban J connectivity index is 3.09. The van der Waals surface area contributed by atoms with E-state index in [1.807, 2.05) is 6.92 Å². The van der Waals surface area contributed by atoms with Gasteiger partial charge in [-0.15, -0.1) is 0 Å². The van der Waals surface area contributed by atoms with Crippen LogP contribution in [0, 0.1) is 0 Å². The molecule has 4 nitrogen and oxygen atoms in total. The summed E-state index contributed by atoms with van der Waals surface area (Å²) >= 11 is 0. The molecule has 0 saturated carbocycles. The molecule has 0 saturated heterocycles. The normalized spacial score (nSPS) is 11.7. The van der Waals surface area contributed by atoms with E-state index in [2.05, 4.69) is 20.7 Å². The van der Waals surface area contributed by atoms with E-state index in [0.717, 1.165) is 0 Å². The number of nitrogens with zero attached hydrogens (tertiary/aromatic N) is 4. The Morgan fingerprint density at radius 1 is 1.29 bits per heavy atom. The minimum Gasteiger partial charge on any atom is -0.171 e. The van der Waals surface area contributed by atoms with Crippen LogP contribution in [0.15, 0.2) is 20.7 Å². The predicted molar refractivity (Wildman–Crippen MR) is 26.2 cm³/mol. The lowest BCUT2D eigenvalue weighted by Crippen LogP contribution is -1.58. The highest BCUT2D eigenvalue weighted by molar-refractivity contribution is 4.18. The van der Waals surface area contributed by atoms with Crippen molar-refractivity contribution in [2.24, 2.45) is 20.7 Å². The Labute approximate surface area is 42.3 Å². The van der Waals surface area contributed by atoms with Gasteiger partial charge in [0.05, 0.1) is 13.6 Å². The number of rotatable bonds is 2. The van der Waals surface area contributed by atoms with Crippen LogP contribution in [0.3, 0.4) is 0 Å². The first kappa shape index (κ1) is 6.20. The average molecular weight is 100 g/mol. The summed E-state index contributed by atoms with van der Waals surface area (Å²) in [4.78, 5) is 0. The van der Waals surface area contributed by atoms with Gasteiger partial charge in [0.2, 0.25) is 0 Å². The van der Waals surface area contributed by atoms with Gasteiger partial charge in [-0.05, 0) is 17.4 Å². The molecule has 0 radical (unpaired) electrons. The highest BCUT2D eigenvalue weighted by atomic mass is 15.4. The van der Waals surface area contributed by atoms with E-state index >= 15 is 0 Å². The fourth-order valence-corrected chi connectivity index (χ4v) is 0.132. The molecule has 0 atom stereocenters. The van der Waals surface area contributed by atoms with Crippen LogP contribution < -0.4 is 0 Å². The van der Waals surface area contributed by atoms with Gasteiger partial charge >= 0.3 is 0 Å². The average Bonchev–Trinajstić information content (AvgIpc) is 1.69. The molecule has 0 aliphatic rings. The molecule has 0 heterocycles. The van der Waals surface area contributed by atoms with Gasteiger partial charge in [-0.25, -0.2) is 0 Å². The van der Waals surface area contributed by atoms with Gasteiger partial charge in [0.15, 0.2) is 0 Å². The summed E-state index contributed by atoms with van der Waals surface area (Å²) in [6, 6.07) is 0. The van der Waals surface area contributed by atoms with Crippen molar-refractivity contribution >= 4 is 0 Å². The van der Waals surface area contributed by atoms with E-state index in [1.165, 1.54) is 0 Å². The molecule has 0 aliphatic carbocycles. The van der Waals surface area contributed by atoms with Crippen molar-refractivity contribution in [1.29, 1.82) is 0 Å². The fourth-order valence-electron chi connectivity index (χ4n) is 0.132. The van der Waals surface area contributed by atoms with Gasteiger partial charge in [0.25, 0.3) is 0 Å². The molecule has 4 heteroatoms. The van der Waals surface area contributed by atoms with Crippen molar-refractivity contribution in [3.05, 3.63) is 0 Å². The molecular weight excluding hydrogens is 92.1 g/mol. The summed E-state index contributed by atoms with van der Waals surface area (Å²) < 4.78 is 0. The SMILES string of the molecule is CCN=NN=NC. The van der Waals surface area contributed by atoms with E-state index in [-0.39, 0.29) is 0 Å². The molecule has 40 valence electrons. The maximum absolute atomic E-state index is 3.53. The van der Waals surface area contributed by atoms with Crippen molar-refractivity contribution in [2.75, 3.05) is 13.6 Å². The summed E-state index contributed by atoms with van der Waals surface area (Å²) in [6.45, 7) is 2.55. The fraction of sp³-hybridized carbons (Fsp3) is 1.00. The highest BCUT2D eigenvalue weighted by Crippen LogP contribution is 1.74. The van der Waals surface area contributed by atoms with Crippen LogP contribution in [0.25, 0.3) is 0 Å². The third-order valence-corrected chi connectivity index (χ3v) is 0.334. The number of hydrogen-bond acceptors (Lipinski definition) is 2. The Morgan fingerprint density at radius 3 is 2.43 bits per heavy atom. The zero-order valence-electron chi connectivity index (χ0n) is 4.50. The molecule has 0 unspecified atom stereocenters. The van der Waals surface area contributed by atoms with E-state index in [0.29, 0.717) is 6.54 Å². The highest BCUT2D eigenvalue weighted by Gasteiger charge is 1.59. The molecule has 0 aromatic heterocycles. The quantitative estimate of drug-likeness (QED) is 0.372. The summed E-state index contributed by atoms with van der Waals surface area (Å²) in [5.74, 6) is 0. The van der Waals surface area contributed by atoms with Gasteiger partial charge in [-0.2, -0.15) is 10.2 Å². The summed E-state index contributed by atoms with van der Waals surface area (Å²) in [5, 5.41) is 13.4. The van der Waals surface area contributed by atoms with Crippen molar-refractivity contribution in [1.82, 2.24) is 0 Å². The Bertz CT molecular complexity index is 75.0. The Hall–Kier alpha value is -0.800. The second-order valence-corrected chi connectivity index (χ2v) is 0.837. The third kappa shape index (κ3) is 5.20. The zero-order chi connectivity index (χ0) is 5.54. The second kappa shape index (κ2) is 5.20. The predicted octanol–water partition coefficient (Wildman–Crippen LogP) is 1.46. The molecule has 0 rings (SSSR count). The summed E-state index contributed by atoms with van der Waals surface area (Å²) in [5.41, 5.74) is 0. The molecule has 0 spiro atoms. The van der Waals surface area contributed by atoms with E-state index in [1.54, 1.807) is 7.05 Å². The summed E-state index contributed by atoms with van der Waals surface area (Å²) in [6.07, 6.45) is 0. The van der Waals surface area contributed by atoms with Gasteiger partial charge in [0, 0.05) is 0 Å². The zero-order valence-corrected chi connectivity index (χ0v) is 4.50. The lowest BCUT2D eigenvalue weighted by atomic mass is 10.8. The maximum atomic E-state index is 3.53. The number of hydrogen-bond donors (Lipinski definition) is 0. The van der Waals surface area contributed by atoms with Gasteiger partial charge in [-0.1, -0.05) is 0 Å². The molecule has 0 aromatic carbocycles. The standard InChI is InChI=1S/C3H8N4/c1-3-5-7-6-4-2/h3H2,1-2H3. The molecule has 0 N–H and O–H groups in total. The monoisotopic (exact) mass is 100 g/mol. The topological polar surface area (TPSA) is 49.4 Å². The van der Waals surface area contributed by atoms with Gasteiger partial charge < -0.3 is 0 Å². The lowest BCUT2D eigenvalue weighted by Gasteiger charge is -1.69. The second-order valence-electron chi connectivity index (χ2n) is 0.837. The van der Waals surface area contributed by atoms with Crippen LogP contribution in [0.4, 0.5) is 0 Å². The van der Waals surface area contributed by atoms with Crippen molar-refractivity contribution in [3.8, 4) is 0 Å². The molecular formula is C3H8N4. The van der Waals surface area contributed by atoms with Crippen LogP contribution in [-0.4, -0.2) is 13.6 Å². The molecule has 0 aromatic rings.